The quantitative estimate of drug-likeness (QED) is 0.589. The highest BCUT2D eigenvalue weighted by Crippen LogP contribution is 2.06. The third kappa shape index (κ3) is 2.82. The molecule has 1 aromatic carbocycles. The first kappa shape index (κ1) is 10.8. The SMILES string of the molecule is CC.Cc1ccc(F)cc1C=O. The number of halogens is 1. The van der Waals surface area contributed by atoms with E-state index in [2.05, 4.69) is 0 Å². The third-order valence-electron chi connectivity index (χ3n) is 1.37. The average Bonchev–Trinajstić information content (AvgIpc) is 2.13. The fourth-order valence-electron chi connectivity index (χ4n) is 0.738. The Labute approximate surface area is 72.2 Å². The molecule has 0 saturated heterocycles. The molecule has 0 aromatic heterocycles. The standard InChI is InChI=1S/C8H7FO.C2H6/c1-6-2-3-8(9)4-7(6)5-10;1-2/h2-5H,1H3;1-2H3. The molecule has 0 aliphatic heterocycles. The lowest BCUT2D eigenvalue weighted by molar-refractivity contribution is 0.112. The number of hydrogen-bond acceptors (Lipinski definition) is 1. The lowest BCUT2D eigenvalue weighted by atomic mass is 10.1. The van der Waals surface area contributed by atoms with Crippen LogP contribution in [0.4, 0.5) is 4.39 Å². The fraction of sp³-hybridized carbons (Fsp3) is 0.300. The van der Waals surface area contributed by atoms with Crippen LogP contribution in [0.15, 0.2) is 18.2 Å². The molecule has 0 saturated carbocycles. The van der Waals surface area contributed by atoms with Gasteiger partial charge < -0.3 is 0 Å². The summed E-state index contributed by atoms with van der Waals surface area (Å²) in [5.74, 6) is -0.368. The molecule has 0 unspecified atom stereocenters. The lowest BCUT2D eigenvalue weighted by Gasteiger charge is -1.95. The number of hydrogen-bond donors (Lipinski definition) is 0. The molecule has 0 amide bonds. The van der Waals surface area contributed by atoms with Crippen LogP contribution in [0.3, 0.4) is 0 Å². The Morgan fingerprint density at radius 3 is 2.33 bits per heavy atom. The molecule has 1 aromatic rings. The first-order valence-electron chi connectivity index (χ1n) is 3.95. The highest BCUT2D eigenvalue weighted by atomic mass is 19.1. The van der Waals surface area contributed by atoms with Gasteiger partial charge in [0.1, 0.15) is 12.1 Å². The molecular weight excluding hydrogens is 155 g/mol. The van der Waals surface area contributed by atoms with E-state index in [0.29, 0.717) is 11.8 Å². The first-order valence-corrected chi connectivity index (χ1v) is 3.95. The van der Waals surface area contributed by atoms with E-state index in [4.69, 9.17) is 0 Å². The molecule has 66 valence electrons. The van der Waals surface area contributed by atoms with Crippen molar-refractivity contribution in [1.29, 1.82) is 0 Å². The topological polar surface area (TPSA) is 17.1 Å². The zero-order valence-corrected chi connectivity index (χ0v) is 7.60. The summed E-state index contributed by atoms with van der Waals surface area (Å²) in [6.45, 7) is 5.77. The summed E-state index contributed by atoms with van der Waals surface area (Å²) in [5.41, 5.74) is 1.22. The van der Waals surface area contributed by atoms with Gasteiger partial charge in [0.25, 0.3) is 0 Å². The zero-order chi connectivity index (χ0) is 9.56. The van der Waals surface area contributed by atoms with Crippen LogP contribution in [-0.2, 0) is 0 Å². The van der Waals surface area contributed by atoms with Gasteiger partial charge in [0, 0.05) is 5.56 Å². The van der Waals surface area contributed by atoms with Crippen molar-refractivity contribution in [2.45, 2.75) is 20.8 Å². The van der Waals surface area contributed by atoms with Gasteiger partial charge in [0.15, 0.2) is 0 Å². The summed E-state index contributed by atoms with van der Waals surface area (Å²) in [6.07, 6.45) is 0.651. The number of rotatable bonds is 1. The number of benzene rings is 1. The van der Waals surface area contributed by atoms with Crippen molar-refractivity contribution in [3.05, 3.63) is 35.1 Å². The second-order valence-corrected chi connectivity index (χ2v) is 2.12. The van der Waals surface area contributed by atoms with Gasteiger partial charge in [-0.05, 0) is 24.6 Å². The minimum atomic E-state index is -0.368. The van der Waals surface area contributed by atoms with Gasteiger partial charge in [-0.2, -0.15) is 0 Å². The Morgan fingerprint density at radius 1 is 1.33 bits per heavy atom. The third-order valence-corrected chi connectivity index (χ3v) is 1.37. The second kappa shape index (κ2) is 5.47. The summed E-state index contributed by atoms with van der Waals surface area (Å²) in [6, 6.07) is 4.14. The monoisotopic (exact) mass is 168 g/mol. The highest BCUT2D eigenvalue weighted by Gasteiger charge is 1.96. The number of carbonyl (C=O) groups is 1. The first-order chi connectivity index (χ1) is 5.74. The van der Waals surface area contributed by atoms with Crippen molar-refractivity contribution in [3.8, 4) is 0 Å². The molecule has 0 bridgehead atoms. The highest BCUT2D eigenvalue weighted by molar-refractivity contribution is 5.76. The van der Waals surface area contributed by atoms with E-state index < -0.39 is 0 Å². The van der Waals surface area contributed by atoms with E-state index in [1.807, 2.05) is 13.8 Å². The lowest BCUT2D eigenvalue weighted by Crippen LogP contribution is -1.86. The number of aldehydes is 1. The number of carbonyl (C=O) groups excluding carboxylic acids is 1. The van der Waals surface area contributed by atoms with Crippen LogP contribution in [0.1, 0.15) is 29.8 Å². The molecule has 0 fully saturated rings. The summed E-state index contributed by atoms with van der Waals surface area (Å²) in [4.78, 5) is 10.2. The summed E-state index contributed by atoms with van der Waals surface area (Å²) in [7, 11) is 0. The van der Waals surface area contributed by atoms with Crippen molar-refractivity contribution in [1.82, 2.24) is 0 Å². The van der Waals surface area contributed by atoms with Gasteiger partial charge in [-0.25, -0.2) is 4.39 Å². The summed E-state index contributed by atoms with van der Waals surface area (Å²) in [5, 5.41) is 0. The molecule has 0 aliphatic carbocycles. The van der Waals surface area contributed by atoms with Gasteiger partial charge in [-0.1, -0.05) is 19.9 Å². The van der Waals surface area contributed by atoms with Gasteiger partial charge in [0.05, 0.1) is 0 Å². The molecule has 0 atom stereocenters. The molecule has 1 rings (SSSR count). The molecule has 0 spiro atoms. The molecule has 0 N–H and O–H groups in total. The Morgan fingerprint density at radius 2 is 1.92 bits per heavy atom. The smallest absolute Gasteiger partial charge is 0.150 e. The predicted octanol–water partition coefficient (Wildman–Crippen LogP) is 2.97. The van der Waals surface area contributed by atoms with E-state index >= 15 is 0 Å². The Balaban J connectivity index is 0.000000561. The van der Waals surface area contributed by atoms with Crippen LogP contribution in [0.25, 0.3) is 0 Å². The molecule has 2 heteroatoms. The van der Waals surface area contributed by atoms with Crippen molar-refractivity contribution in [3.63, 3.8) is 0 Å². The second-order valence-electron chi connectivity index (χ2n) is 2.12. The largest absolute Gasteiger partial charge is 0.298 e. The maximum Gasteiger partial charge on any atom is 0.150 e. The van der Waals surface area contributed by atoms with E-state index in [9.17, 15) is 9.18 Å². The van der Waals surface area contributed by atoms with Crippen LogP contribution in [0.2, 0.25) is 0 Å². The van der Waals surface area contributed by atoms with Crippen molar-refractivity contribution < 1.29 is 9.18 Å². The molecule has 12 heavy (non-hydrogen) atoms. The number of aryl methyl sites for hydroxylation is 1. The fourth-order valence-corrected chi connectivity index (χ4v) is 0.738. The minimum Gasteiger partial charge on any atom is -0.298 e. The van der Waals surface area contributed by atoms with E-state index in [0.717, 1.165) is 5.56 Å². The molecular formula is C10H13FO. The molecule has 1 nitrogen and oxygen atoms in total. The normalized spacial score (nSPS) is 8.33. The Kier molecular flexibility index (Phi) is 4.93. The van der Waals surface area contributed by atoms with E-state index in [1.165, 1.54) is 12.1 Å². The minimum absolute atomic E-state index is 0.368. The molecule has 0 aliphatic rings. The van der Waals surface area contributed by atoms with Crippen LogP contribution >= 0.6 is 0 Å². The van der Waals surface area contributed by atoms with E-state index in [1.54, 1.807) is 13.0 Å². The Bertz CT molecular complexity index is 256. The van der Waals surface area contributed by atoms with E-state index in [-0.39, 0.29) is 5.82 Å². The van der Waals surface area contributed by atoms with Crippen molar-refractivity contribution >= 4 is 6.29 Å². The van der Waals surface area contributed by atoms with Crippen LogP contribution in [-0.4, -0.2) is 6.29 Å². The average molecular weight is 168 g/mol. The Hall–Kier alpha value is -1.18. The van der Waals surface area contributed by atoms with Gasteiger partial charge in [-0.3, -0.25) is 4.79 Å². The van der Waals surface area contributed by atoms with Crippen LogP contribution in [0, 0.1) is 12.7 Å². The molecule has 0 heterocycles. The predicted molar refractivity (Wildman–Crippen MR) is 47.9 cm³/mol. The van der Waals surface area contributed by atoms with Crippen LogP contribution in [0.5, 0.6) is 0 Å². The van der Waals surface area contributed by atoms with Crippen molar-refractivity contribution in [2.24, 2.45) is 0 Å². The van der Waals surface area contributed by atoms with Gasteiger partial charge in [0.2, 0.25) is 0 Å². The summed E-state index contributed by atoms with van der Waals surface area (Å²) >= 11 is 0. The molecule has 0 radical (unpaired) electrons. The van der Waals surface area contributed by atoms with Gasteiger partial charge >= 0.3 is 0 Å². The summed E-state index contributed by atoms with van der Waals surface area (Å²) < 4.78 is 12.4. The maximum atomic E-state index is 12.4. The van der Waals surface area contributed by atoms with Gasteiger partial charge in [-0.15, -0.1) is 0 Å². The van der Waals surface area contributed by atoms with Crippen molar-refractivity contribution in [2.75, 3.05) is 0 Å². The van der Waals surface area contributed by atoms with Crippen LogP contribution < -0.4 is 0 Å². The maximum absolute atomic E-state index is 12.4. The zero-order valence-electron chi connectivity index (χ0n) is 7.60.